The van der Waals surface area contributed by atoms with Crippen LogP contribution in [0.25, 0.3) is 28.2 Å². The Bertz CT molecular complexity index is 1190. The first-order valence-electron chi connectivity index (χ1n) is 8.13. The molecule has 0 aliphatic rings. The fraction of sp³-hybridized carbons (Fsp3) is 0.105. The second-order valence-electron chi connectivity index (χ2n) is 5.87. The predicted molar refractivity (Wildman–Crippen MR) is 98.6 cm³/mol. The smallest absolute Gasteiger partial charge is 0.142 e. The summed E-state index contributed by atoms with van der Waals surface area (Å²) in [4.78, 5) is 4.42. The molecule has 27 heavy (non-hydrogen) atoms. The van der Waals surface area contributed by atoms with Gasteiger partial charge >= 0.3 is 0 Å². The van der Waals surface area contributed by atoms with Gasteiger partial charge in [0.2, 0.25) is 0 Å². The Morgan fingerprint density at radius 2 is 2.00 bits per heavy atom. The van der Waals surface area contributed by atoms with Crippen LogP contribution in [-0.2, 0) is 6.54 Å². The van der Waals surface area contributed by atoms with Crippen molar-refractivity contribution in [3.8, 4) is 28.7 Å². The van der Waals surface area contributed by atoms with E-state index in [2.05, 4.69) is 16.2 Å². The molecule has 4 aromatic rings. The van der Waals surface area contributed by atoms with Crippen LogP contribution in [0.2, 0.25) is 5.02 Å². The number of rotatable bonds is 4. The summed E-state index contributed by atoms with van der Waals surface area (Å²) >= 11 is 5.93. The average Bonchev–Trinajstić information content (AvgIpc) is 3.27. The van der Waals surface area contributed by atoms with Crippen molar-refractivity contribution in [2.24, 2.45) is 0 Å². The van der Waals surface area contributed by atoms with Crippen molar-refractivity contribution in [3.05, 3.63) is 65.3 Å². The number of aliphatic hydroxyl groups is 1. The molecule has 4 rings (SSSR count). The molecule has 0 amide bonds. The molecule has 0 unspecified atom stereocenters. The lowest BCUT2D eigenvalue weighted by molar-refractivity contribution is 0.276. The number of nitrogens with zero attached hydrogens (tertiary/aromatic N) is 5. The standard InChI is InChI=1S/C19H13ClFN5O/c20-15-9-12(1-5-16(15)21)18-19(25(7-8-27)11-23-18)17-6-4-13-2-3-14(10-22)26(13)24-17/h1-6,9,11,27H,7-8H2. The zero-order valence-electron chi connectivity index (χ0n) is 14.0. The summed E-state index contributed by atoms with van der Waals surface area (Å²) in [5.41, 5.74) is 3.59. The van der Waals surface area contributed by atoms with Crippen LogP contribution in [0.1, 0.15) is 5.69 Å². The van der Waals surface area contributed by atoms with Gasteiger partial charge in [0.25, 0.3) is 0 Å². The molecule has 6 nitrogen and oxygen atoms in total. The highest BCUT2D eigenvalue weighted by Crippen LogP contribution is 2.32. The highest BCUT2D eigenvalue weighted by atomic mass is 35.5. The summed E-state index contributed by atoms with van der Waals surface area (Å²) in [6.45, 7) is 0.232. The lowest BCUT2D eigenvalue weighted by Gasteiger charge is -2.10. The van der Waals surface area contributed by atoms with Crippen LogP contribution in [0.5, 0.6) is 0 Å². The molecule has 0 aliphatic carbocycles. The van der Waals surface area contributed by atoms with E-state index in [0.717, 1.165) is 5.52 Å². The Morgan fingerprint density at radius 3 is 2.74 bits per heavy atom. The minimum atomic E-state index is -0.512. The number of aliphatic hydroxyl groups excluding tert-OH is 1. The fourth-order valence-corrected chi connectivity index (χ4v) is 3.16. The van der Waals surface area contributed by atoms with Crippen LogP contribution in [0, 0.1) is 17.1 Å². The first-order chi connectivity index (χ1) is 13.1. The van der Waals surface area contributed by atoms with Crippen LogP contribution in [0.4, 0.5) is 4.39 Å². The third-order valence-corrected chi connectivity index (χ3v) is 4.52. The summed E-state index contributed by atoms with van der Waals surface area (Å²) in [5, 5.41) is 23.2. The molecule has 0 saturated heterocycles. The molecule has 0 fully saturated rings. The van der Waals surface area contributed by atoms with E-state index in [9.17, 15) is 14.8 Å². The number of benzene rings is 1. The van der Waals surface area contributed by atoms with Gasteiger partial charge in [0, 0.05) is 12.1 Å². The van der Waals surface area contributed by atoms with Gasteiger partial charge in [-0.2, -0.15) is 10.4 Å². The minimum absolute atomic E-state index is 0.00394. The van der Waals surface area contributed by atoms with Gasteiger partial charge in [0.1, 0.15) is 23.3 Å². The molecule has 0 aliphatic heterocycles. The normalized spacial score (nSPS) is 11.0. The van der Waals surface area contributed by atoms with E-state index in [1.54, 1.807) is 33.6 Å². The topological polar surface area (TPSA) is 79.1 Å². The average molecular weight is 382 g/mol. The van der Waals surface area contributed by atoms with Crippen molar-refractivity contribution >= 4 is 17.1 Å². The molecule has 134 valence electrons. The first-order valence-corrected chi connectivity index (χ1v) is 8.51. The highest BCUT2D eigenvalue weighted by Gasteiger charge is 2.18. The Kier molecular flexibility index (Phi) is 4.36. The van der Waals surface area contributed by atoms with E-state index in [0.29, 0.717) is 34.9 Å². The van der Waals surface area contributed by atoms with Gasteiger partial charge in [-0.25, -0.2) is 13.9 Å². The zero-order chi connectivity index (χ0) is 19.0. The molecule has 1 N–H and O–H groups in total. The van der Waals surface area contributed by atoms with Crippen LogP contribution < -0.4 is 0 Å². The number of fused-ring (bicyclic) bond motifs is 1. The van der Waals surface area contributed by atoms with E-state index in [4.69, 9.17) is 11.6 Å². The Balaban J connectivity index is 1.94. The Labute approximate surface area is 158 Å². The van der Waals surface area contributed by atoms with E-state index in [-0.39, 0.29) is 11.6 Å². The van der Waals surface area contributed by atoms with Crippen molar-refractivity contribution in [1.29, 1.82) is 5.26 Å². The zero-order valence-corrected chi connectivity index (χ0v) is 14.7. The summed E-state index contributed by atoms with van der Waals surface area (Å²) in [5.74, 6) is -0.512. The molecule has 3 aromatic heterocycles. The van der Waals surface area contributed by atoms with E-state index >= 15 is 0 Å². The summed E-state index contributed by atoms with van der Waals surface area (Å²) < 4.78 is 16.9. The fourth-order valence-electron chi connectivity index (χ4n) is 2.98. The van der Waals surface area contributed by atoms with Crippen molar-refractivity contribution < 1.29 is 9.50 Å². The van der Waals surface area contributed by atoms with Crippen LogP contribution in [-0.4, -0.2) is 30.9 Å². The maximum absolute atomic E-state index is 13.5. The van der Waals surface area contributed by atoms with E-state index in [1.807, 2.05) is 12.1 Å². The lowest BCUT2D eigenvalue weighted by atomic mass is 10.1. The van der Waals surface area contributed by atoms with Crippen molar-refractivity contribution in [2.45, 2.75) is 6.54 Å². The highest BCUT2D eigenvalue weighted by molar-refractivity contribution is 6.31. The minimum Gasteiger partial charge on any atom is -0.395 e. The second-order valence-corrected chi connectivity index (χ2v) is 6.28. The molecular formula is C19H13ClFN5O. The third kappa shape index (κ3) is 2.95. The predicted octanol–water partition coefficient (Wildman–Crippen LogP) is 3.52. The second kappa shape index (κ2) is 6.83. The number of halogens is 2. The largest absolute Gasteiger partial charge is 0.395 e. The number of imidazole rings is 1. The SMILES string of the molecule is N#Cc1ccc2ccc(-c3c(-c4ccc(F)c(Cl)c4)ncn3CCO)nn12. The number of nitriles is 1. The third-order valence-electron chi connectivity index (χ3n) is 4.23. The first kappa shape index (κ1) is 17.2. The molecule has 0 atom stereocenters. The quantitative estimate of drug-likeness (QED) is 0.586. The molecule has 0 spiro atoms. The van der Waals surface area contributed by atoms with Gasteiger partial charge in [-0.1, -0.05) is 11.6 Å². The van der Waals surface area contributed by atoms with Crippen LogP contribution in [0.15, 0.2) is 48.8 Å². The maximum Gasteiger partial charge on any atom is 0.142 e. The summed E-state index contributed by atoms with van der Waals surface area (Å²) in [7, 11) is 0. The van der Waals surface area contributed by atoms with Gasteiger partial charge in [-0.05, 0) is 42.5 Å². The monoisotopic (exact) mass is 381 g/mol. The van der Waals surface area contributed by atoms with Crippen molar-refractivity contribution in [2.75, 3.05) is 6.61 Å². The van der Waals surface area contributed by atoms with Gasteiger partial charge in [-0.3, -0.25) is 0 Å². The Morgan fingerprint density at radius 1 is 1.19 bits per heavy atom. The van der Waals surface area contributed by atoms with Gasteiger partial charge in [-0.15, -0.1) is 0 Å². The number of hydrogen-bond acceptors (Lipinski definition) is 4. The molecule has 0 saturated carbocycles. The molecule has 0 bridgehead atoms. The van der Waals surface area contributed by atoms with E-state index in [1.165, 1.54) is 12.1 Å². The Hall–Kier alpha value is -3.21. The van der Waals surface area contributed by atoms with E-state index < -0.39 is 5.82 Å². The maximum atomic E-state index is 13.5. The summed E-state index contributed by atoms with van der Waals surface area (Å²) in [6, 6.07) is 13.6. The van der Waals surface area contributed by atoms with Gasteiger partial charge < -0.3 is 9.67 Å². The molecule has 3 heterocycles. The molecule has 8 heteroatoms. The lowest BCUT2D eigenvalue weighted by Crippen LogP contribution is -2.05. The van der Waals surface area contributed by atoms with Crippen LogP contribution >= 0.6 is 11.6 Å². The molecule has 1 aromatic carbocycles. The van der Waals surface area contributed by atoms with Gasteiger partial charge in [0.15, 0.2) is 0 Å². The molecular weight excluding hydrogens is 369 g/mol. The van der Waals surface area contributed by atoms with Crippen LogP contribution in [0.3, 0.4) is 0 Å². The molecule has 0 radical (unpaired) electrons. The van der Waals surface area contributed by atoms with Crippen molar-refractivity contribution in [1.82, 2.24) is 19.2 Å². The number of hydrogen-bond donors (Lipinski definition) is 1. The summed E-state index contributed by atoms with van der Waals surface area (Å²) in [6.07, 6.45) is 1.59. The number of aromatic nitrogens is 4. The van der Waals surface area contributed by atoms with Crippen molar-refractivity contribution in [3.63, 3.8) is 0 Å². The van der Waals surface area contributed by atoms with Gasteiger partial charge in [0.05, 0.1) is 34.9 Å².